The number of rotatable bonds is 7. The van der Waals surface area contributed by atoms with Crippen LogP contribution in [0.1, 0.15) is 25.7 Å². The van der Waals surface area contributed by atoms with Crippen molar-refractivity contribution < 1.29 is 20.2 Å². The van der Waals surface area contributed by atoms with Crippen LogP contribution in [0.15, 0.2) is 12.7 Å². The number of aliphatic carboxylic acids is 1. The predicted octanol–water partition coefficient (Wildman–Crippen LogP) is 0.109. The molecule has 0 spiro atoms. The number of amides is 1. The summed E-state index contributed by atoms with van der Waals surface area (Å²) in [6.45, 7) is 3.90. The van der Waals surface area contributed by atoms with E-state index in [1.807, 2.05) is 0 Å². The van der Waals surface area contributed by atoms with Gasteiger partial charge in [0.25, 0.3) is 0 Å². The fourth-order valence-corrected chi connectivity index (χ4v) is 0.862. The van der Waals surface area contributed by atoms with Crippen LogP contribution in [0.4, 0.5) is 0 Å². The maximum atomic E-state index is 10.6. The molecule has 0 aromatic rings. The lowest BCUT2D eigenvalue weighted by Crippen LogP contribution is -2.21. The number of carboxylic acids is 1. The first-order valence-corrected chi connectivity index (χ1v) is 4.29. The van der Waals surface area contributed by atoms with E-state index < -0.39 is 5.97 Å². The molecule has 0 fully saturated rings. The largest absolute Gasteiger partial charge is 0.481 e. The summed E-state index contributed by atoms with van der Waals surface area (Å²) in [5.74, 6) is -0.951. The average Bonchev–Trinajstić information content (AvgIpc) is 2.10. The van der Waals surface area contributed by atoms with Gasteiger partial charge in [-0.3, -0.25) is 9.59 Å². The number of carboxylic acid groups (broad SMARTS) is 1. The highest BCUT2D eigenvalue weighted by atomic mass is 16.4. The molecule has 1 amide bonds. The summed E-state index contributed by atoms with van der Waals surface area (Å²) in [6, 6.07) is 0. The van der Waals surface area contributed by atoms with Crippen LogP contribution in [-0.2, 0) is 9.59 Å². The van der Waals surface area contributed by atoms with E-state index in [-0.39, 0.29) is 17.8 Å². The van der Waals surface area contributed by atoms with Crippen molar-refractivity contribution >= 4 is 11.9 Å². The number of unbranched alkanes of at least 4 members (excludes halogenated alkanes) is 2. The molecule has 5 heteroatoms. The Labute approximate surface area is 83.1 Å². The van der Waals surface area contributed by atoms with Gasteiger partial charge in [-0.1, -0.05) is 13.0 Å². The second-order valence-electron chi connectivity index (χ2n) is 2.70. The molecule has 0 saturated carbocycles. The molecule has 0 aromatic carbocycles. The van der Waals surface area contributed by atoms with Crippen LogP contribution in [0.25, 0.3) is 0 Å². The average molecular weight is 203 g/mol. The Kier molecular flexibility index (Phi) is 10.5. The molecule has 0 bridgehead atoms. The van der Waals surface area contributed by atoms with Gasteiger partial charge >= 0.3 is 5.97 Å². The maximum absolute atomic E-state index is 10.6. The van der Waals surface area contributed by atoms with Crippen LogP contribution < -0.4 is 5.32 Å². The van der Waals surface area contributed by atoms with Gasteiger partial charge in [0.2, 0.25) is 5.91 Å². The lowest BCUT2D eigenvalue weighted by molar-refractivity contribution is -0.137. The summed E-state index contributed by atoms with van der Waals surface area (Å²) in [5, 5.41) is 10.9. The van der Waals surface area contributed by atoms with Gasteiger partial charge in [0.05, 0.1) is 0 Å². The molecule has 0 radical (unpaired) electrons. The Balaban J connectivity index is 0. The molecule has 0 unspecified atom stereocenters. The normalized spacial score (nSPS) is 8.57. The van der Waals surface area contributed by atoms with Crippen molar-refractivity contribution in [2.24, 2.45) is 0 Å². The minimum atomic E-state index is -0.768. The van der Waals surface area contributed by atoms with E-state index in [1.54, 1.807) is 0 Å². The first-order chi connectivity index (χ1) is 6.16. The molecule has 0 heterocycles. The highest BCUT2D eigenvalue weighted by Crippen LogP contribution is 1.98. The predicted molar refractivity (Wildman–Crippen MR) is 52.9 cm³/mol. The standard InChI is InChI=1S/C9H15NO3.H2O/c1-2-8(11)10-7-5-3-4-6-9(12)13;/h2H,1,3-7H2,(H,10,11)(H,12,13);1H2. The molecule has 0 aliphatic rings. The third kappa shape index (κ3) is 10.6. The summed E-state index contributed by atoms with van der Waals surface area (Å²) in [6.07, 6.45) is 3.72. The van der Waals surface area contributed by atoms with Gasteiger partial charge in [-0.05, 0) is 18.9 Å². The fraction of sp³-hybridized carbons (Fsp3) is 0.556. The summed E-state index contributed by atoms with van der Waals surface area (Å²) in [7, 11) is 0. The molecule has 0 aliphatic carbocycles. The fourth-order valence-electron chi connectivity index (χ4n) is 0.862. The van der Waals surface area contributed by atoms with Gasteiger partial charge in [-0.2, -0.15) is 0 Å². The van der Waals surface area contributed by atoms with Crippen molar-refractivity contribution in [3.05, 3.63) is 12.7 Å². The van der Waals surface area contributed by atoms with E-state index in [1.165, 1.54) is 6.08 Å². The summed E-state index contributed by atoms with van der Waals surface area (Å²) in [4.78, 5) is 20.7. The van der Waals surface area contributed by atoms with Crippen molar-refractivity contribution in [3.63, 3.8) is 0 Å². The third-order valence-electron chi connectivity index (χ3n) is 1.55. The Morgan fingerprint density at radius 2 is 1.93 bits per heavy atom. The third-order valence-corrected chi connectivity index (χ3v) is 1.55. The molecule has 82 valence electrons. The van der Waals surface area contributed by atoms with E-state index in [0.29, 0.717) is 13.0 Å². The van der Waals surface area contributed by atoms with Crippen molar-refractivity contribution in [3.8, 4) is 0 Å². The molecule has 5 nitrogen and oxygen atoms in total. The van der Waals surface area contributed by atoms with Crippen LogP contribution in [0, 0.1) is 0 Å². The lowest BCUT2D eigenvalue weighted by Gasteiger charge is -2.00. The minimum Gasteiger partial charge on any atom is -0.481 e. The Hall–Kier alpha value is -1.36. The summed E-state index contributed by atoms with van der Waals surface area (Å²) < 4.78 is 0. The topological polar surface area (TPSA) is 97.9 Å². The van der Waals surface area contributed by atoms with Crippen molar-refractivity contribution in [2.45, 2.75) is 25.7 Å². The van der Waals surface area contributed by atoms with Gasteiger partial charge in [0.1, 0.15) is 0 Å². The zero-order chi connectivity index (χ0) is 10.1. The van der Waals surface area contributed by atoms with E-state index >= 15 is 0 Å². The van der Waals surface area contributed by atoms with Crippen molar-refractivity contribution in [1.29, 1.82) is 0 Å². The molecule has 0 atom stereocenters. The van der Waals surface area contributed by atoms with Crippen LogP contribution >= 0.6 is 0 Å². The van der Waals surface area contributed by atoms with Gasteiger partial charge in [0.15, 0.2) is 0 Å². The van der Waals surface area contributed by atoms with E-state index in [2.05, 4.69) is 11.9 Å². The van der Waals surface area contributed by atoms with Crippen molar-refractivity contribution in [2.75, 3.05) is 6.54 Å². The molecule has 4 N–H and O–H groups in total. The monoisotopic (exact) mass is 203 g/mol. The second kappa shape index (κ2) is 9.73. The zero-order valence-electron chi connectivity index (χ0n) is 8.08. The molecular weight excluding hydrogens is 186 g/mol. The number of carbonyl (C=O) groups is 2. The highest BCUT2D eigenvalue weighted by Gasteiger charge is 1.96. The maximum Gasteiger partial charge on any atom is 0.303 e. The molecule has 0 rings (SSSR count). The smallest absolute Gasteiger partial charge is 0.303 e. The number of hydrogen-bond acceptors (Lipinski definition) is 2. The van der Waals surface area contributed by atoms with Gasteiger partial charge < -0.3 is 15.9 Å². The number of carbonyl (C=O) groups excluding carboxylic acids is 1. The molecule has 0 aliphatic heterocycles. The molecular formula is C9H17NO4. The van der Waals surface area contributed by atoms with Crippen LogP contribution in [0.5, 0.6) is 0 Å². The first kappa shape index (κ1) is 15.1. The van der Waals surface area contributed by atoms with E-state index in [0.717, 1.165) is 12.8 Å². The SMILES string of the molecule is C=CC(=O)NCCCCCC(=O)O.O. The van der Waals surface area contributed by atoms with E-state index in [4.69, 9.17) is 5.11 Å². The minimum absolute atomic E-state index is 0. The van der Waals surface area contributed by atoms with Gasteiger partial charge in [-0.25, -0.2) is 0 Å². The van der Waals surface area contributed by atoms with E-state index in [9.17, 15) is 9.59 Å². The summed E-state index contributed by atoms with van der Waals surface area (Å²) in [5.41, 5.74) is 0. The van der Waals surface area contributed by atoms with Crippen LogP contribution in [-0.4, -0.2) is 29.0 Å². The Bertz CT molecular complexity index is 191. The summed E-state index contributed by atoms with van der Waals surface area (Å²) >= 11 is 0. The van der Waals surface area contributed by atoms with Crippen molar-refractivity contribution in [1.82, 2.24) is 5.32 Å². The highest BCUT2D eigenvalue weighted by molar-refractivity contribution is 5.86. The van der Waals surface area contributed by atoms with Crippen LogP contribution in [0.2, 0.25) is 0 Å². The molecule has 14 heavy (non-hydrogen) atoms. The Morgan fingerprint density at radius 3 is 2.43 bits per heavy atom. The van der Waals surface area contributed by atoms with Gasteiger partial charge in [0, 0.05) is 13.0 Å². The zero-order valence-corrected chi connectivity index (χ0v) is 8.08. The number of nitrogens with one attached hydrogen (secondary N) is 1. The lowest BCUT2D eigenvalue weighted by atomic mass is 10.2. The Morgan fingerprint density at radius 1 is 1.29 bits per heavy atom. The number of hydrogen-bond donors (Lipinski definition) is 2. The van der Waals surface area contributed by atoms with Crippen LogP contribution in [0.3, 0.4) is 0 Å². The molecule has 0 saturated heterocycles. The van der Waals surface area contributed by atoms with Gasteiger partial charge in [-0.15, -0.1) is 0 Å². The first-order valence-electron chi connectivity index (χ1n) is 4.29. The second-order valence-corrected chi connectivity index (χ2v) is 2.70. The quantitative estimate of drug-likeness (QED) is 0.453. The molecule has 0 aromatic heterocycles.